The number of hydrogen-bond donors (Lipinski definition) is 1. The lowest BCUT2D eigenvalue weighted by atomic mass is 10.0. The van der Waals surface area contributed by atoms with Gasteiger partial charge >= 0.3 is 0 Å². The fourth-order valence-corrected chi connectivity index (χ4v) is 3.91. The highest BCUT2D eigenvalue weighted by Crippen LogP contribution is 2.35. The van der Waals surface area contributed by atoms with E-state index < -0.39 is 23.4 Å². The Bertz CT molecular complexity index is 1470. The quantitative estimate of drug-likeness (QED) is 0.396. The number of carbonyl (C=O) groups is 1. The topological polar surface area (TPSA) is 61.2 Å². The van der Waals surface area contributed by atoms with Crippen LogP contribution in [0.1, 0.15) is 15.9 Å². The third-order valence-electron chi connectivity index (χ3n) is 5.26. The maximum absolute atomic E-state index is 14.4. The number of furan rings is 1. The van der Waals surface area contributed by atoms with Crippen LogP contribution in [0.2, 0.25) is 0 Å². The van der Waals surface area contributed by atoms with Gasteiger partial charge in [-0.1, -0.05) is 6.07 Å². The number of fused-ring (bicyclic) bond motifs is 3. The average Bonchev–Trinajstić information content (AvgIpc) is 3.38. The highest BCUT2D eigenvalue weighted by atomic mass is 19.2. The number of primary amides is 1. The molecule has 2 N–H and O–H groups in total. The molecule has 0 saturated carbocycles. The van der Waals surface area contributed by atoms with Gasteiger partial charge in [0.15, 0.2) is 11.6 Å². The van der Waals surface area contributed by atoms with E-state index >= 15 is 0 Å². The molecule has 0 atom stereocenters. The lowest BCUT2D eigenvalue weighted by molar-refractivity contribution is 0.100. The van der Waals surface area contributed by atoms with Crippen molar-refractivity contribution in [2.45, 2.75) is 6.54 Å². The largest absolute Gasteiger partial charge is 0.464 e. The van der Waals surface area contributed by atoms with Gasteiger partial charge in [-0.15, -0.1) is 0 Å². The zero-order chi connectivity index (χ0) is 21.7. The zero-order valence-electron chi connectivity index (χ0n) is 16.0. The molecule has 0 saturated heterocycles. The fraction of sp³-hybridized carbons (Fsp3) is 0.0417. The number of hydrogen-bond acceptors (Lipinski definition) is 2. The number of rotatable bonds is 4. The maximum Gasteiger partial charge on any atom is 0.249 e. The van der Waals surface area contributed by atoms with Crippen LogP contribution in [0.15, 0.2) is 65.3 Å². The normalized spacial score (nSPS) is 11.5. The van der Waals surface area contributed by atoms with Crippen LogP contribution in [0.5, 0.6) is 0 Å². The molecule has 2 heterocycles. The van der Waals surface area contributed by atoms with Crippen LogP contribution in [0.4, 0.5) is 13.2 Å². The Hall–Kier alpha value is -4.00. The number of carbonyl (C=O) groups excluding carboxylic acids is 1. The Morgan fingerprint density at radius 2 is 1.90 bits per heavy atom. The Morgan fingerprint density at radius 1 is 1.06 bits per heavy atom. The molecule has 1 amide bonds. The van der Waals surface area contributed by atoms with Crippen LogP contribution in [-0.2, 0) is 6.54 Å². The summed E-state index contributed by atoms with van der Waals surface area (Å²) in [5.41, 5.74) is 7.52. The highest BCUT2D eigenvalue weighted by molar-refractivity contribution is 6.18. The van der Waals surface area contributed by atoms with Crippen LogP contribution in [-0.4, -0.2) is 10.5 Å². The molecule has 4 nitrogen and oxygen atoms in total. The molecule has 31 heavy (non-hydrogen) atoms. The van der Waals surface area contributed by atoms with Crippen LogP contribution < -0.4 is 5.73 Å². The van der Waals surface area contributed by atoms with Gasteiger partial charge in [0.1, 0.15) is 11.6 Å². The number of nitrogens with zero attached hydrogens (tertiary/aromatic N) is 1. The first-order chi connectivity index (χ1) is 14.9. The van der Waals surface area contributed by atoms with Gasteiger partial charge in [0.25, 0.3) is 0 Å². The standard InChI is InChI=1S/C24H14F3N2O2/c25-15-9-14(23(27)18(26)11-15)12-29-19-4-1-3-17(24(28)30)22(19)16-7-6-13(10-20(16)29)21-5-2-8-31-21/h1-6,8-11H,12H2,(H2,28,30). The van der Waals surface area contributed by atoms with Crippen LogP contribution in [0.3, 0.4) is 0 Å². The maximum atomic E-state index is 14.4. The van der Waals surface area contributed by atoms with Crippen molar-refractivity contribution in [3.05, 3.63) is 95.5 Å². The molecule has 7 heteroatoms. The number of aromatic nitrogens is 1. The van der Waals surface area contributed by atoms with E-state index in [9.17, 15) is 18.0 Å². The average molecular weight is 419 g/mol. The summed E-state index contributed by atoms with van der Waals surface area (Å²) in [6, 6.07) is 16.6. The summed E-state index contributed by atoms with van der Waals surface area (Å²) in [6.45, 7) is -0.168. The third-order valence-corrected chi connectivity index (χ3v) is 5.26. The van der Waals surface area contributed by atoms with Crippen LogP contribution >= 0.6 is 0 Å². The van der Waals surface area contributed by atoms with Gasteiger partial charge in [-0.2, -0.15) is 0 Å². The van der Waals surface area contributed by atoms with E-state index in [-0.39, 0.29) is 17.7 Å². The summed E-state index contributed by atoms with van der Waals surface area (Å²) in [4.78, 5) is 12.0. The summed E-state index contributed by atoms with van der Waals surface area (Å²) in [7, 11) is 0. The van der Waals surface area contributed by atoms with E-state index in [1.807, 2.05) is 0 Å². The zero-order valence-corrected chi connectivity index (χ0v) is 16.0. The molecule has 0 spiro atoms. The molecular weight excluding hydrogens is 405 g/mol. The van der Waals surface area contributed by atoms with Gasteiger partial charge in [0.2, 0.25) is 5.91 Å². The first-order valence-corrected chi connectivity index (χ1v) is 9.38. The van der Waals surface area contributed by atoms with E-state index in [4.69, 9.17) is 10.2 Å². The van der Waals surface area contributed by atoms with E-state index in [1.165, 1.54) is 6.26 Å². The monoisotopic (exact) mass is 419 g/mol. The van der Waals surface area contributed by atoms with Crippen molar-refractivity contribution in [1.82, 2.24) is 4.57 Å². The molecule has 1 radical (unpaired) electrons. The lowest BCUT2D eigenvalue weighted by Gasteiger charge is -2.10. The first kappa shape index (κ1) is 19.0. The van der Waals surface area contributed by atoms with E-state index in [0.717, 1.165) is 6.07 Å². The molecule has 3 aromatic carbocycles. The van der Waals surface area contributed by atoms with Crippen molar-refractivity contribution < 1.29 is 22.4 Å². The molecule has 0 aliphatic carbocycles. The van der Waals surface area contributed by atoms with Gasteiger partial charge in [0.05, 0.1) is 23.8 Å². The SMILES string of the molecule is NC(=O)c1cccc2c1c1[c]cc(-c3ccco3)cc1n2Cc1cc(F)cc(F)c1F. The smallest absolute Gasteiger partial charge is 0.249 e. The van der Waals surface area contributed by atoms with Gasteiger partial charge < -0.3 is 14.7 Å². The first-order valence-electron chi connectivity index (χ1n) is 9.38. The van der Waals surface area contributed by atoms with E-state index in [2.05, 4.69) is 6.07 Å². The molecular formula is C24H14F3N2O2. The van der Waals surface area contributed by atoms with E-state index in [1.54, 1.807) is 47.0 Å². The van der Waals surface area contributed by atoms with Crippen molar-refractivity contribution in [3.8, 4) is 11.3 Å². The minimum absolute atomic E-state index is 0.163. The molecule has 0 aliphatic rings. The second kappa shape index (κ2) is 7.05. The number of halogens is 3. The third kappa shape index (κ3) is 3.06. The molecule has 153 valence electrons. The highest BCUT2D eigenvalue weighted by Gasteiger charge is 2.20. The second-order valence-corrected chi connectivity index (χ2v) is 7.14. The Labute approximate surface area is 174 Å². The van der Waals surface area contributed by atoms with Crippen molar-refractivity contribution in [2.75, 3.05) is 0 Å². The summed E-state index contributed by atoms with van der Waals surface area (Å²) in [5.74, 6) is -3.32. The van der Waals surface area contributed by atoms with E-state index in [0.29, 0.717) is 39.2 Å². The molecule has 0 aliphatic heterocycles. The van der Waals surface area contributed by atoms with Gasteiger partial charge in [-0.05, 0) is 48.5 Å². The van der Waals surface area contributed by atoms with Crippen molar-refractivity contribution in [1.29, 1.82) is 0 Å². The van der Waals surface area contributed by atoms with Crippen LogP contribution in [0, 0.1) is 23.5 Å². The Balaban J connectivity index is 1.83. The molecule has 0 unspecified atom stereocenters. The summed E-state index contributed by atoms with van der Waals surface area (Å²) < 4.78 is 49.2. The van der Waals surface area contributed by atoms with Crippen molar-refractivity contribution >= 4 is 27.7 Å². The Morgan fingerprint density at radius 3 is 2.65 bits per heavy atom. The minimum Gasteiger partial charge on any atom is -0.464 e. The number of benzene rings is 3. The molecule has 0 fully saturated rings. The minimum atomic E-state index is -1.27. The van der Waals surface area contributed by atoms with Gasteiger partial charge in [-0.3, -0.25) is 4.79 Å². The summed E-state index contributed by atoms with van der Waals surface area (Å²) in [6.07, 6.45) is 1.53. The predicted molar refractivity (Wildman–Crippen MR) is 110 cm³/mol. The molecule has 5 aromatic rings. The lowest BCUT2D eigenvalue weighted by Crippen LogP contribution is -2.11. The molecule has 2 aromatic heterocycles. The van der Waals surface area contributed by atoms with Crippen LogP contribution in [0.25, 0.3) is 33.1 Å². The predicted octanol–water partition coefficient (Wildman–Crippen LogP) is 5.42. The Kier molecular flexibility index (Phi) is 4.32. The summed E-state index contributed by atoms with van der Waals surface area (Å²) in [5, 5.41) is 1.12. The van der Waals surface area contributed by atoms with Crippen molar-refractivity contribution in [3.63, 3.8) is 0 Å². The van der Waals surface area contributed by atoms with Gasteiger partial charge in [-0.25, -0.2) is 13.2 Å². The second-order valence-electron chi connectivity index (χ2n) is 7.14. The fourth-order valence-electron chi connectivity index (χ4n) is 3.91. The number of nitrogens with two attached hydrogens (primary N) is 1. The van der Waals surface area contributed by atoms with Crippen molar-refractivity contribution in [2.24, 2.45) is 5.73 Å². The van der Waals surface area contributed by atoms with Gasteiger partial charge in [0, 0.05) is 33.5 Å². The molecule has 0 bridgehead atoms. The summed E-state index contributed by atoms with van der Waals surface area (Å²) >= 11 is 0. The molecule has 5 rings (SSSR count). The number of amides is 1.